The van der Waals surface area contributed by atoms with Gasteiger partial charge in [-0.15, -0.1) is 0 Å². The van der Waals surface area contributed by atoms with Crippen LogP contribution >= 0.6 is 15.9 Å². The van der Waals surface area contributed by atoms with Crippen LogP contribution in [0.4, 0.5) is 11.5 Å². The number of halogens is 1. The maximum absolute atomic E-state index is 10.8. The second-order valence-corrected chi connectivity index (χ2v) is 5.42. The second-order valence-electron chi connectivity index (χ2n) is 4.63. The van der Waals surface area contributed by atoms with Crippen molar-refractivity contribution >= 4 is 27.4 Å². The molecule has 1 N–H and O–H groups in total. The van der Waals surface area contributed by atoms with Gasteiger partial charge in [-0.05, 0) is 56.3 Å². The molecule has 0 saturated heterocycles. The molecule has 0 aliphatic heterocycles. The van der Waals surface area contributed by atoms with Crippen LogP contribution in [0.1, 0.15) is 18.4 Å². The van der Waals surface area contributed by atoms with Crippen molar-refractivity contribution in [3.05, 3.63) is 26.3 Å². The van der Waals surface area contributed by atoms with Crippen molar-refractivity contribution < 1.29 is 4.92 Å². The SMILES string of the molecule is Cc1c([N+](=O)[O-])cnc(NCCCCN(C)C)c1Br. The van der Waals surface area contributed by atoms with E-state index in [0.717, 1.165) is 25.9 Å². The molecule has 1 aromatic rings. The molecule has 7 heteroatoms. The number of hydrogen-bond donors (Lipinski definition) is 1. The molecule has 0 aliphatic carbocycles. The van der Waals surface area contributed by atoms with Crippen molar-refractivity contribution in [2.24, 2.45) is 0 Å². The number of unbranched alkanes of at least 4 members (excludes halogenated alkanes) is 1. The van der Waals surface area contributed by atoms with Gasteiger partial charge in [0.25, 0.3) is 5.69 Å². The minimum atomic E-state index is -0.423. The van der Waals surface area contributed by atoms with Gasteiger partial charge in [-0.3, -0.25) is 10.1 Å². The van der Waals surface area contributed by atoms with Crippen LogP contribution in [0.5, 0.6) is 0 Å². The molecule has 1 rings (SSSR count). The molecule has 0 fully saturated rings. The number of nitrogens with one attached hydrogen (secondary N) is 1. The van der Waals surface area contributed by atoms with Crippen LogP contribution in [0.2, 0.25) is 0 Å². The fraction of sp³-hybridized carbons (Fsp3) is 0.583. The number of pyridine rings is 1. The summed E-state index contributed by atoms with van der Waals surface area (Å²) in [6.07, 6.45) is 3.42. The standard InChI is InChI=1S/C12H19BrN4O2/c1-9-10(17(18)19)8-15-12(11(9)13)14-6-4-5-7-16(2)3/h8H,4-7H2,1-3H3,(H,14,15). The van der Waals surface area contributed by atoms with E-state index in [1.165, 1.54) is 6.20 Å². The van der Waals surface area contributed by atoms with Crippen molar-refractivity contribution in [3.63, 3.8) is 0 Å². The van der Waals surface area contributed by atoms with Crippen molar-refractivity contribution in [1.29, 1.82) is 0 Å². The zero-order chi connectivity index (χ0) is 14.4. The second kappa shape index (κ2) is 7.40. The minimum absolute atomic E-state index is 0.0324. The first-order chi connectivity index (χ1) is 8.93. The molecule has 1 heterocycles. The first-order valence-corrected chi connectivity index (χ1v) is 6.91. The van der Waals surface area contributed by atoms with Gasteiger partial charge in [0.05, 0.1) is 9.40 Å². The van der Waals surface area contributed by atoms with Crippen LogP contribution in [-0.4, -0.2) is 42.0 Å². The highest BCUT2D eigenvalue weighted by Gasteiger charge is 2.16. The van der Waals surface area contributed by atoms with Gasteiger partial charge >= 0.3 is 0 Å². The Hall–Kier alpha value is -1.21. The molecule has 0 radical (unpaired) electrons. The number of aromatic nitrogens is 1. The molecule has 0 aliphatic rings. The van der Waals surface area contributed by atoms with Crippen LogP contribution in [0.25, 0.3) is 0 Å². The van der Waals surface area contributed by atoms with E-state index >= 15 is 0 Å². The highest BCUT2D eigenvalue weighted by Crippen LogP contribution is 2.30. The Morgan fingerprint density at radius 2 is 2.16 bits per heavy atom. The van der Waals surface area contributed by atoms with E-state index in [1.807, 2.05) is 14.1 Å². The molecule has 0 amide bonds. The summed E-state index contributed by atoms with van der Waals surface area (Å²) in [5.41, 5.74) is 0.626. The van der Waals surface area contributed by atoms with E-state index in [9.17, 15) is 10.1 Å². The van der Waals surface area contributed by atoms with Crippen LogP contribution in [0.15, 0.2) is 10.7 Å². The van der Waals surface area contributed by atoms with Crippen molar-refractivity contribution in [2.75, 3.05) is 32.5 Å². The lowest BCUT2D eigenvalue weighted by atomic mass is 10.2. The Kier molecular flexibility index (Phi) is 6.17. The summed E-state index contributed by atoms with van der Waals surface area (Å²) in [6, 6.07) is 0. The van der Waals surface area contributed by atoms with Gasteiger partial charge in [0.2, 0.25) is 0 Å². The topological polar surface area (TPSA) is 71.3 Å². The normalized spacial score (nSPS) is 10.8. The fourth-order valence-corrected chi connectivity index (χ4v) is 2.08. The molecule has 6 nitrogen and oxygen atoms in total. The van der Waals surface area contributed by atoms with Crippen LogP contribution in [0, 0.1) is 17.0 Å². The number of nitro groups is 1. The monoisotopic (exact) mass is 330 g/mol. The van der Waals surface area contributed by atoms with Crippen LogP contribution in [0.3, 0.4) is 0 Å². The van der Waals surface area contributed by atoms with Gasteiger partial charge in [-0.1, -0.05) is 0 Å². The molecule has 0 atom stereocenters. The van der Waals surface area contributed by atoms with E-state index in [4.69, 9.17) is 0 Å². The molecule has 0 aromatic carbocycles. The zero-order valence-corrected chi connectivity index (χ0v) is 13.0. The Morgan fingerprint density at radius 1 is 1.47 bits per heavy atom. The average molecular weight is 331 g/mol. The van der Waals surface area contributed by atoms with Gasteiger partial charge in [0.1, 0.15) is 12.0 Å². The van der Waals surface area contributed by atoms with Crippen molar-refractivity contribution in [3.8, 4) is 0 Å². The fourth-order valence-electron chi connectivity index (χ4n) is 1.64. The van der Waals surface area contributed by atoms with Crippen molar-refractivity contribution in [1.82, 2.24) is 9.88 Å². The Bertz CT molecular complexity index is 452. The lowest BCUT2D eigenvalue weighted by Gasteiger charge is -2.11. The molecule has 19 heavy (non-hydrogen) atoms. The molecule has 0 saturated carbocycles. The predicted molar refractivity (Wildman–Crippen MR) is 79.6 cm³/mol. The van der Waals surface area contributed by atoms with Gasteiger partial charge in [0.15, 0.2) is 0 Å². The van der Waals surface area contributed by atoms with E-state index in [0.29, 0.717) is 15.9 Å². The first kappa shape index (κ1) is 15.8. The number of anilines is 1. The maximum Gasteiger partial charge on any atom is 0.291 e. The summed E-state index contributed by atoms with van der Waals surface area (Å²) >= 11 is 3.35. The van der Waals surface area contributed by atoms with Gasteiger partial charge in [0, 0.05) is 12.1 Å². The summed E-state index contributed by atoms with van der Waals surface area (Å²) in [6.45, 7) is 3.56. The van der Waals surface area contributed by atoms with E-state index < -0.39 is 4.92 Å². The van der Waals surface area contributed by atoms with Gasteiger partial charge in [-0.25, -0.2) is 4.98 Å². The van der Waals surface area contributed by atoms with E-state index in [2.05, 4.69) is 31.1 Å². The third-order valence-corrected chi connectivity index (χ3v) is 3.73. The number of nitrogens with zero attached hydrogens (tertiary/aromatic N) is 3. The minimum Gasteiger partial charge on any atom is -0.369 e. The summed E-state index contributed by atoms with van der Waals surface area (Å²) in [4.78, 5) is 16.6. The van der Waals surface area contributed by atoms with Crippen molar-refractivity contribution in [2.45, 2.75) is 19.8 Å². The number of hydrogen-bond acceptors (Lipinski definition) is 5. The van der Waals surface area contributed by atoms with Gasteiger partial charge < -0.3 is 10.2 Å². The maximum atomic E-state index is 10.8. The number of rotatable bonds is 7. The molecule has 1 aromatic heterocycles. The molecular formula is C12H19BrN4O2. The first-order valence-electron chi connectivity index (χ1n) is 6.11. The third-order valence-electron chi connectivity index (χ3n) is 2.76. The summed E-state index contributed by atoms with van der Waals surface area (Å²) in [5.74, 6) is 0.660. The Morgan fingerprint density at radius 3 is 2.74 bits per heavy atom. The van der Waals surface area contributed by atoms with E-state index in [1.54, 1.807) is 6.92 Å². The van der Waals surface area contributed by atoms with Crippen LogP contribution in [-0.2, 0) is 0 Å². The summed E-state index contributed by atoms with van der Waals surface area (Å²) < 4.78 is 0.661. The summed E-state index contributed by atoms with van der Waals surface area (Å²) in [5, 5.41) is 14.0. The smallest absolute Gasteiger partial charge is 0.291 e. The summed E-state index contributed by atoms with van der Waals surface area (Å²) in [7, 11) is 4.09. The molecule has 0 spiro atoms. The quantitative estimate of drug-likeness (QED) is 0.473. The highest BCUT2D eigenvalue weighted by atomic mass is 79.9. The lowest BCUT2D eigenvalue weighted by molar-refractivity contribution is -0.385. The van der Waals surface area contributed by atoms with E-state index in [-0.39, 0.29) is 5.69 Å². The largest absolute Gasteiger partial charge is 0.369 e. The Labute approximate surface area is 121 Å². The third kappa shape index (κ3) is 4.76. The highest BCUT2D eigenvalue weighted by molar-refractivity contribution is 9.10. The lowest BCUT2D eigenvalue weighted by Crippen LogP contribution is -2.14. The zero-order valence-electron chi connectivity index (χ0n) is 11.4. The Balaban J connectivity index is 2.56. The predicted octanol–water partition coefficient (Wildman–Crippen LogP) is 2.81. The average Bonchev–Trinajstić information content (AvgIpc) is 2.33. The van der Waals surface area contributed by atoms with Crippen LogP contribution < -0.4 is 5.32 Å². The molecule has 106 valence electrons. The molecule has 0 bridgehead atoms. The molecule has 0 unspecified atom stereocenters. The molecular weight excluding hydrogens is 312 g/mol. The van der Waals surface area contributed by atoms with Gasteiger partial charge in [-0.2, -0.15) is 0 Å².